The Bertz CT molecular complexity index is 502. The largest absolute Gasteiger partial charge is 0.481 e. The Labute approximate surface area is 123 Å². The van der Waals surface area contributed by atoms with Crippen LogP contribution in [0.4, 0.5) is 4.79 Å². The molecule has 116 valence electrons. The van der Waals surface area contributed by atoms with Crippen LogP contribution in [0.15, 0.2) is 12.4 Å². The third-order valence-electron chi connectivity index (χ3n) is 4.31. The van der Waals surface area contributed by atoms with Crippen LogP contribution in [0.25, 0.3) is 0 Å². The molecule has 0 aliphatic heterocycles. The number of hydrogen-bond acceptors (Lipinski definition) is 3. The van der Waals surface area contributed by atoms with Gasteiger partial charge in [-0.2, -0.15) is 0 Å². The number of urea groups is 1. The summed E-state index contributed by atoms with van der Waals surface area (Å²) in [6, 6.07) is -0.904. The molecule has 0 radical (unpaired) electrons. The highest BCUT2D eigenvalue weighted by atomic mass is 16.4. The van der Waals surface area contributed by atoms with Gasteiger partial charge in [-0.3, -0.25) is 4.79 Å². The minimum atomic E-state index is -0.885. The second-order valence-electron chi connectivity index (χ2n) is 5.72. The summed E-state index contributed by atoms with van der Waals surface area (Å²) in [4.78, 5) is 30.6. The number of imidazole rings is 1. The lowest BCUT2D eigenvalue weighted by atomic mass is 9.85. The van der Waals surface area contributed by atoms with E-state index in [0.717, 1.165) is 6.42 Å². The number of H-pyrrole nitrogens is 1. The number of hydrogen-bond donors (Lipinski definition) is 4. The lowest BCUT2D eigenvalue weighted by Gasteiger charge is -2.28. The van der Waals surface area contributed by atoms with Crippen LogP contribution in [-0.2, 0) is 4.79 Å². The van der Waals surface area contributed by atoms with E-state index in [1.165, 1.54) is 0 Å². The van der Waals surface area contributed by atoms with Gasteiger partial charge in [0.05, 0.1) is 11.5 Å². The van der Waals surface area contributed by atoms with Crippen molar-refractivity contribution >= 4 is 12.0 Å². The lowest BCUT2D eigenvalue weighted by Crippen LogP contribution is -2.50. The average Bonchev–Trinajstić information content (AvgIpc) is 3.07. The Kier molecular flexibility index (Phi) is 4.50. The van der Waals surface area contributed by atoms with Crippen molar-refractivity contribution in [3.8, 4) is 0 Å². The third kappa shape index (κ3) is 3.17. The molecule has 1 fully saturated rings. The van der Waals surface area contributed by atoms with Crippen molar-refractivity contribution in [3.63, 3.8) is 0 Å². The zero-order chi connectivity index (χ0) is 15.5. The molecule has 0 aromatic carbocycles. The number of carbonyl (C=O) groups is 2. The molecule has 7 nitrogen and oxygen atoms in total. The molecule has 4 N–H and O–H groups in total. The van der Waals surface area contributed by atoms with Crippen molar-refractivity contribution in [3.05, 3.63) is 18.2 Å². The lowest BCUT2D eigenvalue weighted by molar-refractivity contribution is -0.148. The molecule has 2 amide bonds. The van der Waals surface area contributed by atoms with Gasteiger partial charge in [-0.15, -0.1) is 0 Å². The van der Waals surface area contributed by atoms with E-state index in [1.54, 1.807) is 19.3 Å². The molecule has 3 atom stereocenters. The third-order valence-corrected chi connectivity index (χ3v) is 4.31. The van der Waals surface area contributed by atoms with Crippen molar-refractivity contribution in [2.45, 2.75) is 51.6 Å². The highest BCUT2D eigenvalue weighted by Crippen LogP contribution is 2.38. The van der Waals surface area contributed by atoms with Crippen LogP contribution in [0, 0.1) is 5.41 Å². The van der Waals surface area contributed by atoms with Crippen molar-refractivity contribution in [1.82, 2.24) is 20.6 Å². The van der Waals surface area contributed by atoms with Gasteiger partial charge >= 0.3 is 12.0 Å². The van der Waals surface area contributed by atoms with Gasteiger partial charge in [0.2, 0.25) is 0 Å². The molecule has 0 saturated heterocycles. The molecule has 0 spiro atoms. The van der Waals surface area contributed by atoms with E-state index in [2.05, 4.69) is 20.6 Å². The van der Waals surface area contributed by atoms with E-state index < -0.39 is 11.4 Å². The Morgan fingerprint density at radius 3 is 2.95 bits per heavy atom. The van der Waals surface area contributed by atoms with Crippen molar-refractivity contribution < 1.29 is 14.7 Å². The topological polar surface area (TPSA) is 107 Å². The van der Waals surface area contributed by atoms with Crippen LogP contribution in [-0.4, -0.2) is 33.1 Å². The first-order chi connectivity index (χ1) is 9.97. The summed E-state index contributed by atoms with van der Waals surface area (Å²) in [7, 11) is 0. The van der Waals surface area contributed by atoms with Crippen molar-refractivity contribution in [2.75, 3.05) is 0 Å². The standard InChI is InChI=1S/C14H22N4O3/c1-3-9(11-15-7-8-16-11)17-13(21)18-10-5-4-6-14(10,2)12(19)20/h7-10H,3-6H2,1-2H3,(H,15,16)(H,19,20)(H2,17,18,21). The maximum absolute atomic E-state index is 12.1. The number of aromatic nitrogens is 2. The number of rotatable bonds is 5. The first kappa shape index (κ1) is 15.3. The molecule has 3 unspecified atom stereocenters. The quantitative estimate of drug-likeness (QED) is 0.664. The summed E-state index contributed by atoms with van der Waals surface area (Å²) in [5, 5.41) is 15.0. The number of amides is 2. The Hall–Kier alpha value is -2.05. The molecule has 1 aliphatic carbocycles. The molecule has 1 aliphatic rings. The van der Waals surface area contributed by atoms with E-state index in [-0.39, 0.29) is 18.1 Å². The van der Waals surface area contributed by atoms with E-state index >= 15 is 0 Å². The molecule has 0 bridgehead atoms. The molecule has 21 heavy (non-hydrogen) atoms. The number of carboxylic acids is 1. The summed E-state index contributed by atoms with van der Waals surface area (Å²) < 4.78 is 0. The second-order valence-corrected chi connectivity index (χ2v) is 5.72. The number of nitrogens with one attached hydrogen (secondary N) is 3. The predicted molar refractivity (Wildman–Crippen MR) is 76.7 cm³/mol. The molecule has 1 aromatic rings. The maximum Gasteiger partial charge on any atom is 0.315 e. The Balaban J connectivity index is 1.97. The summed E-state index contributed by atoms with van der Waals surface area (Å²) >= 11 is 0. The van der Waals surface area contributed by atoms with Gasteiger partial charge in [0.25, 0.3) is 0 Å². The number of nitrogens with zero attached hydrogens (tertiary/aromatic N) is 1. The smallest absolute Gasteiger partial charge is 0.315 e. The fourth-order valence-electron chi connectivity index (χ4n) is 2.84. The summed E-state index contributed by atoms with van der Waals surface area (Å²) in [5.41, 5.74) is -0.885. The first-order valence-corrected chi connectivity index (χ1v) is 7.27. The van der Waals surface area contributed by atoms with E-state index in [9.17, 15) is 14.7 Å². The first-order valence-electron chi connectivity index (χ1n) is 7.27. The molecule has 1 heterocycles. The van der Waals surface area contributed by atoms with Crippen LogP contribution in [0.5, 0.6) is 0 Å². The van der Waals surface area contributed by atoms with Crippen molar-refractivity contribution in [1.29, 1.82) is 0 Å². The number of aromatic amines is 1. The van der Waals surface area contributed by atoms with Crippen LogP contribution < -0.4 is 10.6 Å². The van der Waals surface area contributed by atoms with Gasteiger partial charge in [0.1, 0.15) is 5.82 Å². The molecule has 1 saturated carbocycles. The van der Waals surface area contributed by atoms with Gasteiger partial charge < -0.3 is 20.7 Å². The average molecular weight is 294 g/mol. The Morgan fingerprint density at radius 1 is 1.62 bits per heavy atom. The fourth-order valence-corrected chi connectivity index (χ4v) is 2.84. The molecule has 1 aromatic heterocycles. The van der Waals surface area contributed by atoms with Crippen LogP contribution in [0.2, 0.25) is 0 Å². The van der Waals surface area contributed by atoms with Crippen LogP contribution in [0.3, 0.4) is 0 Å². The highest BCUT2D eigenvalue weighted by molar-refractivity contribution is 5.79. The molecule has 7 heteroatoms. The van der Waals surface area contributed by atoms with Gasteiger partial charge in [-0.1, -0.05) is 13.3 Å². The molecule has 2 rings (SSSR count). The van der Waals surface area contributed by atoms with Crippen LogP contribution >= 0.6 is 0 Å². The van der Waals surface area contributed by atoms with E-state index in [1.807, 2.05) is 6.92 Å². The normalized spacial score (nSPS) is 26.3. The minimum absolute atomic E-state index is 0.211. The number of aliphatic carboxylic acids is 1. The van der Waals surface area contributed by atoms with Crippen LogP contribution in [0.1, 0.15) is 51.4 Å². The maximum atomic E-state index is 12.1. The zero-order valence-electron chi connectivity index (χ0n) is 12.3. The Morgan fingerprint density at radius 2 is 2.38 bits per heavy atom. The zero-order valence-corrected chi connectivity index (χ0v) is 12.3. The fraction of sp³-hybridized carbons (Fsp3) is 0.643. The minimum Gasteiger partial charge on any atom is -0.481 e. The summed E-state index contributed by atoms with van der Waals surface area (Å²) in [6.07, 6.45) is 6.12. The SMILES string of the molecule is CCC(NC(=O)NC1CCCC1(C)C(=O)O)c1ncc[nH]1. The highest BCUT2D eigenvalue weighted by Gasteiger charge is 2.46. The summed E-state index contributed by atoms with van der Waals surface area (Å²) in [6.45, 7) is 3.64. The molecular formula is C14H22N4O3. The second kappa shape index (κ2) is 6.15. The van der Waals surface area contributed by atoms with Crippen molar-refractivity contribution in [2.24, 2.45) is 5.41 Å². The van der Waals surface area contributed by atoms with Gasteiger partial charge in [0.15, 0.2) is 0 Å². The molecular weight excluding hydrogens is 272 g/mol. The van der Waals surface area contributed by atoms with Gasteiger partial charge in [-0.25, -0.2) is 9.78 Å². The number of carbonyl (C=O) groups excluding carboxylic acids is 1. The monoisotopic (exact) mass is 294 g/mol. The number of carboxylic acid groups (broad SMARTS) is 1. The predicted octanol–water partition coefficient (Wildman–Crippen LogP) is 1.80. The van der Waals surface area contributed by atoms with E-state index in [4.69, 9.17) is 0 Å². The van der Waals surface area contributed by atoms with Gasteiger partial charge in [0, 0.05) is 18.4 Å². The van der Waals surface area contributed by atoms with Gasteiger partial charge in [-0.05, 0) is 26.2 Å². The summed E-state index contributed by atoms with van der Waals surface area (Å²) in [5.74, 6) is -0.163. The van der Waals surface area contributed by atoms with E-state index in [0.29, 0.717) is 25.1 Å².